The van der Waals surface area contributed by atoms with Gasteiger partial charge in [-0.15, -0.1) is 0 Å². The standard InChI is InChI=1S/C21H24N2O3/c1-2-20(24)23-14-12-16(13-15-23)21(25)22-18-10-6-7-11-19(18)26-17-8-4-3-5-9-17/h3-11,16H,2,12-15H2,1H3,(H,22,25). The minimum absolute atomic E-state index is 0.0160. The predicted octanol–water partition coefficient (Wildman–Crippen LogP) is 4.07. The van der Waals surface area contributed by atoms with Crippen molar-refractivity contribution in [2.24, 2.45) is 5.92 Å². The lowest BCUT2D eigenvalue weighted by Gasteiger charge is -2.31. The molecule has 1 saturated heterocycles. The van der Waals surface area contributed by atoms with Crippen LogP contribution in [-0.2, 0) is 9.59 Å². The van der Waals surface area contributed by atoms with Gasteiger partial charge in [0.05, 0.1) is 5.69 Å². The number of nitrogens with zero attached hydrogens (tertiary/aromatic N) is 1. The van der Waals surface area contributed by atoms with E-state index in [0.717, 1.165) is 5.75 Å². The van der Waals surface area contributed by atoms with E-state index in [1.165, 1.54) is 0 Å². The van der Waals surface area contributed by atoms with Crippen LogP contribution in [-0.4, -0.2) is 29.8 Å². The van der Waals surface area contributed by atoms with E-state index in [2.05, 4.69) is 5.32 Å². The molecule has 0 spiro atoms. The molecular weight excluding hydrogens is 328 g/mol. The largest absolute Gasteiger partial charge is 0.455 e. The van der Waals surface area contributed by atoms with E-state index in [4.69, 9.17) is 4.74 Å². The predicted molar refractivity (Wildman–Crippen MR) is 101 cm³/mol. The summed E-state index contributed by atoms with van der Waals surface area (Å²) >= 11 is 0. The third kappa shape index (κ3) is 4.42. The molecule has 1 aliphatic rings. The van der Waals surface area contributed by atoms with Crippen molar-refractivity contribution in [3.8, 4) is 11.5 Å². The first-order valence-electron chi connectivity index (χ1n) is 9.08. The second-order valence-corrected chi connectivity index (χ2v) is 6.41. The number of hydrogen-bond acceptors (Lipinski definition) is 3. The Bertz CT molecular complexity index is 753. The summed E-state index contributed by atoms with van der Waals surface area (Å²) in [6, 6.07) is 16.9. The highest BCUT2D eigenvalue weighted by Crippen LogP contribution is 2.30. The maximum atomic E-state index is 12.6. The molecule has 2 amide bonds. The number of piperidine rings is 1. The minimum atomic E-state index is -0.0827. The van der Waals surface area contributed by atoms with E-state index in [9.17, 15) is 9.59 Å². The van der Waals surface area contributed by atoms with E-state index < -0.39 is 0 Å². The zero-order valence-electron chi connectivity index (χ0n) is 15.0. The number of nitrogens with one attached hydrogen (secondary N) is 1. The van der Waals surface area contributed by atoms with Gasteiger partial charge in [-0.05, 0) is 37.1 Å². The molecule has 0 aromatic heterocycles. The molecule has 2 aromatic carbocycles. The Labute approximate surface area is 154 Å². The van der Waals surface area contributed by atoms with E-state index in [1.807, 2.05) is 66.4 Å². The van der Waals surface area contributed by atoms with E-state index in [0.29, 0.717) is 43.8 Å². The molecule has 0 radical (unpaired) electrons. The summed E-state index contributed by atoms with van der Waals surface area (Å²) in [5.41, 5.74) is 0.661. The van der Waals surface area contributed by atoms with Crippen LogP contribution < -0.4 is 10.1 Å². The number of carbonyl (C=O) groups excluding carboxylic acids is 2. The molecule has 0 aliphatic carbocycles. The first kappa shape index (κ1) is 18.0. The van der Waals surface area contributed by atoms with Gasteiger partial charge in [-0.25, -0.2) is 0 Å². The van der Waals surface area contributed by atoms with Crippen LogP contribution in [0, 0.1) is 5.92 Å². The molecule has 5 nitrogen and oxygen atoms in total. The number of amides is 2. The number of rotatable bonds is 5. The summed E-state index contributed by atoms with van der Waals surface area (Å²) in [4.78, 5) is 26.3. The van der Waals surface area contributed by atoms with E-state index >= 15 is 0 Å². The minimum Gasteiger partial charge on any atom is -0.455 e. The molecule has 5 heteroatoms. The number of carbonyl (C=O) groups is 2. The molecule has 3 rings (SSSR count). The molecule has 26 heavy (non-hydrogen) atoms. The Hall–Kier alpha value is -2.82. The van der Waals surface area contributed by atoms with Crippen LogP contribution in [0.4, 0.5) is 5.69 Å². The van der Waals surface area contributed by atoms with Crippen LogP contribution in [0.15, 0.2) is 54.6 Å². The number of para-hydroxylation sites is 3. The second kappa shape index (κ2) is 8.52. The Morgan fingerprint density at radius 1 is 1.04 bits per heavy atom. The molecule has 0 saturated carbocycles. The van der Waals surface area contributed by atoms with E-state index in [1.54, 1.807) is 0 Å². The quantitative estimate of drug-likeness (QED) is 0.882. The SMILES string of the molecule is CCC(=O)N1CCC(C(=O)Nc2ccccc2Oc2ccccc2)CC1. The zero-order chi connectivity index (χ0) is 18.4. The normalized spacial score (nSPS) is 14.7. The van der Waals surface area contributed by atoms with Crippen LogP contribution in [0.3, 0.4) is 0 Å². The van der Waals surface area contributed by atoms with Crippen molar-refractivity contribution in [2.45, 2.75) is 26.2 Å². The van der Waals surface area contributed by atoms with Crippen molar-refractivity contribution in [3.63, 3.8) is 0 Å². The summed E-state index contributed by atoms with van der Waals surface area (Å²) in [5, 5.41) is 2.99. The molecule has 1 heterocycles. The topological polar surface area (TPSA) is 58.6 Å². The molecule has 1 aliphatic heterocycles. The molecule has 0 atom stereocenters. The maximum Gasteiger partial charge on any atom is 0.227 e. The van der Waals surface area contributed by atoms with Crippen molar-refractivity contribution >= 4 is 17.5 Å². The zero-order valence-corrected chi connectivity index (χ0v) is 15.0. The number of likely N-dealkylation sites (tertiary alicyclic amines) is 1. The van der Waals surface area contributed by atoms with Gasteiger partial charge in [0, 0.05) is 25.4 Å². The molecular formula is C21H24N2O3. The molecule has 0 bridgehead atoms. The van der Waals surface area contributed by atoms with Gasteiger partial charge >= 0.3 is 0 Å². The first-order valence-corrected chi connectivity index (χ1v) is 9.08. The monoisotopic (exact) mass is 352 g/mol. The van der Waals surface area contributed by atoms with Gasteiger partial charge < -0.3 is 15.0 Å². The summed E-state index contributed by atoms with van der Waals surface area (Å²) in [5.74, 6) is 1.40. The smallest absolute Gasteiger partial charge is 0.227 e. The van der Waals surface area contributed by atoms with Gasteiger partial charge in [-0.2, -0.15) is 0 Å². The maximum absolute atomic E-state index is 12.6. The summed E-state index contributed by atoms with van der Waals surface area (Å²) < 4.78 is 5.89. The lowest BCUT2D eigenvalue weighted by Crippen LogP contribution is -2.41. The Kier molecular flexibility index (Phi) is 5.89. The van der Waals surface area contributed by atoms with Crippen molar-refractivity contribution in [1.82, 2.24) is 4.90 Å². The molecule has 136 valence electrons. The third-order valence-electron chi connectivity index (χ3n) is 4.64. The summed E-state index contributed by atoms with van der Waals surface area (Å²) in [7, 11) is 0. The average molecular weight is 352 g/mol. The van der Waals surface area contributed by atoms with Gasteiger partial charge in [0.2, 0.25) is 11.8 Å². The van der Waals surface area contributed by atoms with Crippen LogP contribution in [0.1, 0.15) is 26.2 Å². The van der Waals surface area contributed by atoms with Crippen LogP contribution in [0.5, 0.6) is 11.5 Å². The van der Waals surface area contributed by atoms with Crippen molar-refractivity contribution < 1.29 is 14.3 Å². The van der Waals surface area contributed by atoms with Crippen LogP contribution in [0.2, 0.25) is 0 Å². The van der Waals surface area contributed by atoms with Crippen molar-refractivity contribution in [1.29, 1.82) is 0 Å². The van der Waals surface area contributed by atoms with Crippen molar-refractivity contribution in [2.75, 3.05) is 18.4 Å². The van der Waals surface area contributed by atoms with Gasteiger partial charge in [0.15, 0.2) is 5.75 Å². The summed E-state index contributed by atoms with van der Waals surface area (Å²) in [6.07, 6.45) is 1.90. The second-order valence-electron chi connectivity index (χ2n) is 6.41. The number of hydrogen-bond donors (Lipinski definition) is 1. The number of anilines is 1. The van der Waals surface area contributed by atoms with Gasteiger partial charge in [0.25, 0.3) is 0 Å². The highest BCUT2D eigenvalue weighted by Gasteiger charge is 2.27. The van der Waals surface area contributed by atoms with Gasteiger partial charge in [-0.1, -0.05) is 37.3 Å². The van der Waals surface area contributed by atoms with Gasteiger partial charge in [-0.3, -0.25) is 9.59 Å². The lowest BCUT2D eigenvalue weighted by molar-refractivity contribution is -0.134. The number of benzene rings is 2. The summed E-state index contributed by atoms with van der Waals surface area (Å²) in [6.45, 7) is 3.16. The van der Waals surface area contributed by atoms with Gasteiger partial charge in [0.1, 0.15) is 5.75 Å². The number of ether oxygens (including phenoxy) is 1. The Morgan fingerprint density at radius 3 is 2.38 bits per heavy atom. The fourth-order valence-corrected chi connectivity index (χ4v) is 3.12. The Morgan fingerprint density at radius 2 is 1.69 bits per heavy atom. The molecule has 1 N–H and O–H groups in total. The fraction of sp³-hybridized carbons (Fsp3) is 0.333. The van der Waals surface area contributed by atoms with Crippen LogP contribution in [0.25, 0.3) is 0 Å². The molecule has 2 aromatic rings. The first-order chi connectivity index (χ1) is 12.7. The lowest BCUT2D eigenvalue weighted by atomic mass is 9.95. The highest BCUT2D eigenvalue weighted by atomic mass is 16.5. The van der Waals surface area contributed by atoms with E-state index in [-0.39, 0.29) is 17.7 Å². The van der Waals surface area contributed by atoms with Crippen molar-refractivity contribution in [3.05, 3.63) is 54.6 Å². The highest BCUT2D eigenvalue weighted by molar-refractivity contribution is 5.94. The Balaban J connectivity index is 1.62. The third-order valence-corrected chi connectivity index (χ3v) is 4.64. The van der Waals surface area contributed by atoms with Crippen LogP contribution >= 0.6 is 0 Å². The fourth-order valence-electron chi connectivity index (χ4n) is 3.12. The average Bonchev–Trinajstić information content (AvgIpc) is 2.69. The molecule has 0 unspecified atom stereocenters. The molecule has 1 fully saturated rings.